The Labute approximate surface area is 68.0 Å². The Balaban J connectivity index is 2.45. The van der Waals surface area contributed by atoms with Gasteiger partial charge in [-0.1, -0.05) is 0 Å². The summed E-state index contributed by atoms with van der Waals surface area (Å²) in [6, 6.07) is 0. The molecule has 0 spiro atoms. The SMILES string of the molecule is COC1CN(C)CCCC1O. The van der Waals surface area contributed by atoms with Crippen LogP contribution in [0, 0.1) is 0 Å². The number of likely N-dealkylation sites (N-methyl/N-ethyl adjacent to an activating group) is 1. The van der Waals surface area contributed by atoms with Crippen LogP contribution in [0.5, 0.6) is 0 Å². The first kappa shape index (κ1) is 8.97. The van der Waals surface area contributed by atoms with Gasteiger partial charge in [0.25, 0.3) is 0 Å². The average Bonchev–Trinajstić information content (AvgIpc) is 2.13. The molecule has 66 valence electrons. The number of hydrogen-bond donors (Lipinski definition) is 1. The van der Waals surface area contributed by atoms with Crippen molar-refractivity contribution in [2.45, 2.75) is 25.0 Å². The summed E-state index contributed by atoms with van der Waals surface area (Å²) in [6.07, 6.45) is 1.66. The monoisotopic (exact) mass is 159 g/mol. The second kappa shape index (κ2) is 4.04. The quantitative estimate of drug-likeness (QED) is 0.588. The minimum atomic E-state index is -0.273. The zero-order chi connectivity index (χ0) is 8.27. The molecule has 3 heteroatoms. The molecule has 3 nitrogen and oxygen atoms in total. The normalized spacial score (nSPS) is 35.2. The molecule has 0 radical (unpaired) electrons. The highest BCUT2D eigenvalue weighted by molar-refractivity contribution is 4.76. The van der Waals surface area contributed by atoms with Gasteiger partial charge in [-0.2, -0.15) is 0 Å². The van der Waals surface area contributed by atoms with Crippen LogP contribution >= 0.6 is 0 Å². The van der Waals surface area contributed by atoms with Gasteiger partial charge in [-0.15, -0.1) is 0 Å². The van der Waals surface area contributed by atoms with Crippen LogP contribution in [0.3, 0.4) is 0 Å². The molecule has 1 fully saturated rings. The van der Waals surface area contributed by atoms with Gasteiger partial charge < -0.3 is 14.7 Å². The predicted octanol–water partition coefficient (Wildman–Crippen LogP) is 0.0879. The van der Waals surface area contributed by atoms with Crippen LogP contribution in [0.1, 0.15) is 12.8 Å². The van der Waals surface area contributed by atoms with Crippen molar-refractivity contribution in [2.75, 3.05) is 27.2 Å². The van der Waals surface area contributed by atoms with Gasteiger partial charge in [-0.3, -0.25) is 0 Å². The van der Waals surface area contributed by atoms with Crippen LogP contribution in [0.15, 0.2) is 0 Å². The third-order valence-corrected chi connectivity index (χ3v) is 2.26. The zero-order valence-electron chi connectivity index (χ0n) is 7.29. The van der Waals surface area contributed by atoms with E-state index in [4.69, 9.17) is 4.74 Å². The Morgan fingerprint density at radius 2 is 2.27 bits per heavy atom. The fraction of sp³-hybridized carbons (Fsp3) is 1.00. The van der Waals surface area contributed by atoms with Crippen molar-refractivity contribution in [2.24, 2.45) is 0 Å². The van der Waals surface area contributed by atoms with Crippen LogP contribution < -0.4 is 0 Å². The molecule has 1 N–H and O–H groups in total. The summed E-state index contributed by atoms with van der Waals surface area (Å²) in [5, 5.41) is 9.52. The third-order valence-electron chi connectivity index (χ3n) is 2.26. The van der Waals surface area contributed by atoms with E-state index in [1.165, 1.54) is 0 Å². The molecular weight excluding hydrogens is 142 g/mol. The summed E-state index contributed by atoms with van der Waals surface area (Å²) in [6.45, 7) is 1.91. The molecule has 2 unspecified atom stereocenters. The van der Waals surface area contributed by atoms with E-state index in [0.717, 1.165) is 25.9 Å². The average molecular weight is 159 g/mol. The molecule has 0 aromatic rings. The standard InChI is InChI=1S/C8H17NO2/c1-9-5-3-4-7(10)8(6-9)11-2/h7-8,10H,3-6H2,1-2H3. The molecule has 0 aliphatic carbocycles. The van der Waals surface area contributed by atoms with Crippen LogP contribution in [0.25, 0.3) is 0 Å². The van der Waals surface area contributed by atoms with Gasteiger partial charge in [0.05, 0.1) is 12.2 Å². The van der Waals surface area contributed by atoms with Gasteiger partial charge in [-0.25, -0.2) is 0 Å². The molecule has 0 saturated carbocycles. The topological polar surface area (TPSA) is 32.7 Å². The number of aliphatic hydroxyl groups is 1. The van der Waals surface area contributed by atoms with E-state index in [2.05, 4.69) is 11.9 Å². The fourth-order valence-electron chi connectivity index (χ4n) is 1.51. The van der Waals surface area contributed by atoms with Crippen molar-refractivity contribution >= 4 is 0 Å². The Kier molecular flexibility index (Phi) is 3.30. The minimum Gasteiger partial charge on any atom is -0.390 e. The first-order chi connectivity index (χ1) is 5.24. The lowest BCUT2D eigenvalue weighted by molar-refractivity contribution is -0.0184. The number of likely N-dealkylation sites (tertiary alicyclic amines) is 1. The van der Waals surface area contributed by atoms with E-state index in [9.17, 15) is 5.11 Å². The fourth-order valence-corrected chi connectivity index (χ4v) is 1.51. The van der Waals surface area contributed by atoms with Crippen LogP contribution in [0.2, 0.25) is 0 Å². The van der Waals surface area contributed by atoms with Gasteiger partial charge in [0.2, 0.25) is 0 Å². The summed E-state index contributed by atoms with van der Waals surface area (Å²) in [5.74, 6) is 0. The first-order valence-corrected chi connectivity index (χ1v) is 4.13. The number of rotatable bonds is 1. The van der Waals surface area contributed by atoms with Gasteiger partial charge in [-0.05, 0) is 26.4 Å². The van der Waals surface area contributed by atoms with E-state index >= 15 is 0 Å². The Hall–Kier alpha value is -0.120. The zero-order valence-corrected chi connectivity index (χ0v) is 7.29. The summed E-state index contributed by atoms with van der Waals surface area (Å²) in [4.78, 5) is 2.20. The molecule has 2 atom stereocenters. The maximum absolute atomic E-state index is 9.52. The molecule has 1 rings (SSSR count). The molecule has 1 aliphatic heterocycles. The van der Waals surface area contributed by atoms with Gasteiger partial charge in [0.1, 0.15) is 0 Å². The summed E-state index contributed by atoms with van der Waals surface area (Å²) in [7, 11) is 3.72. The Bertz CT molecular complexity index is 119. The van der Waals surface area contributed by atoms with E-state index in [1.54, 1.807) is 7.11 Å². The molecular formula is C8H17NO2. The second-order valence-electron chi connectivity index (χ2n) is 3.25. The molecule has 0 bridgehead atoms. The number of aliphatic hydroxyl groups excluding tert-OH is 1. The van der Waals surface area contributed by atoms with Crippen molar-refractivity contribution in [1.29, 1.82) is 0 Å². The largest absolute Gasteiger partial charge is 0.390 e. The maximum atomic E-state index is 9.52. The molecule has 0 aromatic heterocycles. The van der Waals surface area contributed by atoms with Crippen molar-refractivity contribution < 1.29 is 9.84 Å². The van der Waals surface area contributed by atoms with Crippen LogP contribution in [0.4, 0.5) is 0 Å². The van der Waals surface area contributed by atoms with Gasteiger partial charge in [0.15, 0.2) is 0 Å². The molecule has 11 heavy (non-hydrogen) atoms. The lowest BCUT2D eigenvalue weighted by Gasteiger charge is -2.21. The van der Waals surface area contributed by atoms with E-state index in [-0.39, 0.29) is 12.2 Å². The smallest absolute Gasteiger partial charge is 0.0956 e. The van der Waals surface area contributed by atoms with E-state index in [0.29, 0.717) is 0 Å². The lowest BCUT2D eigenvalue weighted by Crippen LogP contribution is -2.35. The minimum absolute atomic E-state index is 0.00231. The van der Waals surface area contributed by atoms with Crippen LogP contribution in [-0.4, -0.2) is 49.5 Å². The summed E-state index contributed by atoms with van der Waals surface area (Å²) < 4.78 is 5.16. The van der Waals surface area contributed by atoms with E-state index in [1.807, 2.05) is 0 Å². The van der Waals surface area contributed by atoms with Crippen molar-refractivity contribution in [1.82, 2.24) is 4.90 Å². The van der Waals surface area contributed by atoms with Crippen molar-refractivity contribution in [3.05, 3.63) is 0 Å². The molecule has 1 heterocycles. The van der Waals surface area contributed by atoms with Crippen molar-refractivity contribution in [3.63, 3.8) is 0 Å². The first-order valence-electron chi connectivity index (χ1n) is 4.13. The number of ether oxygens (including phenoxy) is 1. The number of nitrogens with zero attached hydrogens (tertiary/aromatic N) is 1. The third kappa shape index (κ3) is 2.43. The lowest BCUT2D eigenvalue weighted by atomic mass is 10.1. The van der Waals surface area contributed by atoms with Gasteiger partial charge >= 0.3 is 0 Å². The molecule has 0 aromatic carbocycles. The summed E-state index contributed by atoms with van der Waals surface area (Å²) in [5.41, 5.74) is 0. The highest BCUT2D eigenvalue weighted by Crippen LogP contribution is 2.12. The van der Waals surface area contributed by atoms with Crippen molar-refractivity contribution in [3.8, 4) is 0 Å². The van der Waals surface area contributed by atoms with Crippen LogP contribution in [-0.2, 0) is 4.74 Å². The molecule has 1 aliphatic rings. The Morgan fingerprint density at radius 3 is 2.91 bits per heavy atom. The van der Waals surface area contributed by atoms with E-state index < -0.39 is 0 Å². The number of hydrogen-bond acceptors (Lipinski definition) is 3. The molecule has 0 amide bonds. The second-order valence-corrected chi connectivity index (χ2v) is 3.25. The summed E-state index contributed by atoms with van der Waals surface area (Å²) >= 11 is 0. The predicted molar refractivity (Wildman–Crippen MR) is 43.5 cm³/mol. The highest BCUT2D eigenvalue weighted by atomic mass is 16.5. The number of methoxy groups -OCH3 is 1. The maximum Gasteiger partial charge on any atom is 0.0956 e. The molecule has 1 saturated heterocycles. The Morgan fingerprint density at radius 1 is 1.55 bits per heavy atom. The highest BCUT2D eigenvalue weighted by Gasteiger charge is 2.23. The van der Waals surface area contributed by atoms with Gasteiger partial charge in [0, 0.05) is 13.7 Å².